The number of carbonyl (C=O) groups is 2. The molecular weight excluding hydrogens is 280 g/mol. The smallest absolute Gasteiger partial charge is 0.263 e. The molecule has 2 amide bonds. The first-order chi connectivity index (χ1) is 10.3. The van der Waals surface area contributed by atoms with Gasteiger partial charge in [-0.3, -0.25) is 9.59 Å². The van der Waals surface area contributed by atoms with Crippen molar-refractivity contribution in [2.45, 2.75) is 46.8 Å². The van der Waals surface area contributed by atoms with Gasteiger partial charge in [-0.25, -0.2) is 0 Å². The second-order valence-electron chi connectivity index (χ2n) is 5.65. The molecule has 1 atom stereocenters. The number of amides is 2. The minimum Gasteiger partial charge on any atom is -0.481 e. The molecule has 5 heteroatoms. The van der Waals surface area contributed by atoms with E-state index in [1.807, 2.05) is 52.0 Å². The Balaban J connectivity index is 2.64. The molecule has 0 fully saturated rings. The van der Waals surface area contributed by atoms with E-state index in [1.165, 1.54) is 4.90 Å². The first-order valence-corrected chi connectivity index (χ1v) is 7.65. The maximum absolute atomic E-state index is 12.4. The average Bonchev–Trinajstić information content (AvgIpc) is 2.43. The predicted molar refractivity (Wildman–Crippen MR) is 86.8 cm³/mol. The molecule has 1 aromatic carbocycles. The number of rotatable bonds is 7. The van der Waals surface area contributed by atoms with Crippen LogP contribution in [0.4, 0.5) is 0 Å². The highest BCUT2D eigenvalue weighted by atomic mass is 16.5. The van der Waals surface area contributed by atoms with Crippen LogP contribution in [0.1, 0.15) is 33.3 Å². The van der Waals surface area contributed by atoms with Gasteiger partial charge in [0.25, 0.3) is 5.91 Å². The monoisotopic (exact) mass is 306 g/mol. The normalized spacial score (nSPS) is 11.9. The van der Waals surface area contributed by atoms with Crippen molar-refractivity contribution in [3.8, 4) is 5.75 Å². The van der Waals surface area contributed by atoms with Gasteiger partial charge in [0.2, 0.25) is 5.91 Å². The summed E-state index contributed by atoms with van der Waals surface area (Å²) < 4.78 is 5.68. The van der Waals surface area contributed by atoms with Crippen molar-refractivity contribution in [1.29, 1.82) is 0 Å². The molecule has 0 spiro atoms. The summed E-state index contributed by atoms with van der Waals surface area (Å²) in [7, 11) is 0. The van der Waals surface area contributed by atoms with Crippen molar-refractivity contribution in [2.75, 3.05) is 13.1 Å². The number of nitrogens with zero attached hydrogens (tertiary/aromatic N) is 1. The van der Waals surface area contributed by atoms with Gasteiger partial charge in [0, 0.05) is 12.6 Å². The summed E-state index contributed by atoms with van der Waals surface area (Å²) in [4.78, 5) is 25.7. The topological polar surface area (TPSA) is 58.6 Å². The van der Waals surface area contributed by atoms with Gasteiger partial charge in [-0.2, -0.15) is 0 Å². The van der Waals surface area contributed by atoms with Gasteiger partial charge in [0.15, 0.2) is 6.10 Å². The van der Waals surface area contributed by atoms with Crippen LogP contribution in [-0.4, -0.2) is 41.9 Å². The molecule has 1 aromatic rings. The molecule has 0 aromatic heterocycles. The second kappa shape index (κ2) is 8.41. The minimum absolute atomic E-state index is 0.0506. The summed E-state index contributed by atoms with van der Waals surface area (Å²) in [6.07, 6.45) is -0.631. The van der Waals surface area contributed by atoms with Gasteiger partial charge in [0.1, 0.15) is 5.75 Å². The van der Waals surface area contributed by atoms with Crippen LogP contribution in [0.3, 0.4) is 0 Å². The van der Waals surface area contributed by atoms with Crippen molar-refractivity contribution in [3.63, 3.8) is 0 Å². The lowest BCUT2D eigenvalue weighted by molar-refractivity contribution is -0.141. The van der Waals surface area contributed by atoms with Gasteiger partial charge in [0.05, 0.1) is 6.54 Å². The van der Waals surface area contributed by atoms with E-state index in [1.54, 1.807) is 6.92 Å². The number of likely N-dealkylation sites (N-methyl/N-ethyl adjacent to an activating group) is 1. The zero-order valence-electron chi connectivity index (χ0n) is 14.1. The fraction of sp³-hybridized carbons (Fsp3) is 0.529. The van der Waals surface area contributed by atoms with Crippen LogP contribution in [0.15, 0.2) is 24.3 Å². The Labute approximate surface area is 132 Å². The van der Waals surface area contributed by atoms with Gasteiger partial charge < -0.3 is 15.0 Å². The molecule has 1 N–H and O–H groups in total. The molecule has 0 bridgehead atoms. The number of hydrogen-bond acceptors (Lipinski definition) is 3. The van der Waals surface area contributed by atoms with E-state index >= 15 is 0 Å². The van der Waals surface area contributed by atoms with Crippen molar-refractivity contribution in [1.82, 2.24) is 10.2 Å². The molecular formula is C17H26N2O3. The van der Waals surface area contributed by atoms with Crippen molar-refractivity contribution < 1.29 is 14.3 Å². The Bertz CT molecular complexity index is 514. The molecule has 0 aliphatic carbocycles. The Morgan fingerprint density at radius 3 is 2.50 bits per heavy atom. The number of nitrogens with one attached hydrogen (secondary N) is 1. The van der Waals surface area contributed by atoms with E-state index in [0.29, 0.717) is 12.3 Å². The van der Waals surface area contributed by atoms with E-state index in [9.17, 15) is 9.59 Å². The standard InChI is InChI=1S/C17H26N2O3/c1-6-19(11-16(20)18-12(2)3)17(21)14(5)22-15-9-7-8-13(4)10-15/h7-10,12,14H,6,11H2,1-5H3,(H,18,20). The number of carbonyl (C=O) groups excluding carboxylic acids is 2. The lowest BCUT2D eigenvalue weighted by atomic mass is 10.2. The van der Waals surface area contributed by atoms with E-state index in [0.717, 1.165) is 5.56 Å². The van der Waals surface area contributed by atoms with Gasteiger partial charge in [-0.1, -0.05) is 12.1 Å². The molecule has 1 rings (SSSR count). The van der Waals surface area contributed by atoms with Gasteiger partial charge in [-0.05, 0) is 52.3 Å². The summed E-state index contributed by atoms with van der Waals surface area (Å²) in [5.41, 5.74) is 1.07. The fourth-order valence-corrected chi connectivity index (χ4v) is 2.09. The molecule has 22 heavy (non-hydrogen) atoms. The Hall–Kier alpha value is -2.04. The highest BCUT2D eigenvalue weighted by molar-refractivity contribution is 5.87. The largest absolute Gasteiger partial charge is 0.481 e. The molecule has 0 aliphatic rings. The predicted octanol–water partition coefficient (Wildman–Crippen LogP) is 2.14. The van der Waals surface area contributed by atoms with E-state index in [-0.39, 0.29) is 24.4 Å². The maximum atomic E-state index is 12.4. The highest BCUT2D eigenvalue weighted by Crippen LogP contribution is 2.15. The number of benzene rings is 1. The molecule has 0 saturated carbocycles. The van der Waals surface area contributed by atoms with E-state index in [4.69, 9.17) is 4.74 Å². The zero-order valence-corrected chi connectivity index (χ0v) is 14.1. The fourth-order valence-electron chi connectivity index (χ4n) is 2.09. The molecule has 0 aliphatic heterocycles. The molecule has 0 radical (unpaired) electrons. The molecule has 122 valence electrons. The first-order valence-electron chi connectivity index (χ1n) is 7.65. The highest BCUT2D eigenvalue weighted by Gasteiger charge is 2.23. The minimum atomic E-state index is -0.631. The van der Waals surface area contributed by atoms with Crippen LogP contribution in [-0.2, 0) is 9.59 Å². The van der Waals surface area contributed by atoms with Crippen LogP contribution in [0, 0.1) is 6.92 Å². The Morgan fingerprint density at radius 2 is 1.95 bits per heavy atom. The zero-order chi connectivity index (χ0) is 16.7. The van der Waals surface area contributed by atoms with Gasteiger partial charge >= 0.3 is 0 Å². The van der Waals surface area contributed by atoms with Crippen LogP contribution in [0.5, 0.6) is 5.75 Å². The lowest BCUT2D eigenvalue weighted by Crippen LogP contribution is -2.46. The maximum Gasteiger partial charge on any atom is 0.263 e. The SMILES string of the molecule is CCN(CC(=O)NC(C)C)C(=O)C(C)Oc1cccc(C)c1. The molecule has 0 saturated heterocycles. The van der Waals surface area contributed by atoms with Crippen molar-refractivity contribution in [2.24, 2.45) is 0 Å². The third-order valence-electron chi connectivity index (χ3n) is 3.13. The summed E-state index contributed by atoms with van der Waals surface area (Å²) >= 11 is 0. The molecule has 1 unspecified atom stereocenters. The number of aryl methyl sites for hydroxylation is 1. The molecule has 5 nitrogen and oxygen atoms in total. The summed E-state index contributed by atoms with van der Waals surface area (Å²) in [6.45, 7) is 9.81. The lowest BCUT2D eigenvalue weighted by Gasteiger charge is -2.25. The third kappa shape index (κ3) is 5.76. The average molecular weight is 306 g/mol. The molecule has 0 heterocycles. The summed E-state index contributed by atoms with van der Waals surface area (Å²) in [6, 6.07) is 7.61. The van der Waals surface area contributed by atoms with Crippen LogP contribution in [0.2, 0.25) is 0 Å². The Morgan fingerprint density at radius 1 is 1.27 bits per heavy atom. The van der Waals surface area contributed by atoms with Crippen molar-refractivity contribution >= 4 is 11.8 Å². The van der Waals surface area contributed by atoms with Crippen LogP contribution >= 0.6 is 0 Å². The van der Waals surface area contributed by atoms with Crippen LogP contribution in [0.25, 0.3) is 0 Å². The Kier molecular flexibility index (Phi) is 6.89. The van der Waals surface area contributed by atoms with Crippen LogP contribution < -0.4 is 10.1 Å². The van der Waals surface area contributed by atoms with E-state index < -0.39 is 6.10 Å². The third-order valence-corrected chi connectivity index (χ3v) is 3.13. The van der Waals surface area contributed by atoms with Gasteiger partial charge in [-0.15, -0.1) is 0 Å². The second-order valence-corrected chi connectivity index (χ2v) is 5.65. The first kappa shape index (κ1) is 18.0. The number of hydrogen-bond donors (Lipinski definition) is 1. The van der Waals surface area contributed by atoms with Crippen molar-refractivity contribution in [3.05, 3.63) is 29.8 Å². The quantitative estimate of drug-likeness (QED) is 0.839. The number of ether oxygens (including phenoxy) is 1. The van der Waals surface area contributed by atoms with E-state index in [2.05, 4.69) is 5.32 Å². The summed E-state index contributed by atoms with van der Waals surface area (Å²) in [5, 5.41) is 2.78. The summed E-state index contributed by atoms with van der Waals surface area (Å²) in [5.74, 6) is 0.305.